The normalized spacial score (nSPS) is 27.8. The molecule has 12 heavy (non-hydrogen) atoms. The minimum Gasteiger partial charge on any atom is -0.465 e. The van der Waals surface area contributed by atoms with Gasteiger partial charge in [-0.15, -0.1) is 0 Å². The lowest BCUT2D eigenvalue weighted by Gasteiger charge is -2.33. The number of hydrogen-bond donors (Lipinski definition) is 1. The summed E-state index contributed by atoms with van der Waals surface area (Å²) in [6, 6.07) is 0.546. The molecule has 0 atom stereocenters. The number of carbonyl (C=O) groups is 1. The van der Waals surface area contributed by atoms with Gasteiger partial charge in [0, 0.05) is 6.04 Å². The number of rotatable bonds is 4. The molecule has 1 aliphatic carbocycles. The highest BCUT2D eigenvalue weighted by Crippen LogP contribution is 2.25. The maximum atomic E-state index is 10.9. The van der Waals surface area contributed by atoms with Crippen molar-refractivity contribution in [3.63, 3.8) is 0 Å². The van der Waals surface area contributed by atoms with Gasteiger partial charge in [0.25, 0.3) is 0 Å². The molecule has 0 aromatic carbocycles. The molecule has 0 bridgehead atoms. The molecule has 0 amide bonds. The fourth-order valence-electron chi connectivity index (χ4n) is 1.51. The van der Waals surface area contributed by atoms with Gasteiger partial charge >= 0.3 is 5.97 Å². The fraction of sp³-hybridized carbons (Fsp3) is 0.889. The van der Waals surface area contributed by atoms with Crippen LogP contribution in [-0.4, -0.2) is 25.2 Å². The predicted octanol–water partition coefficient (Wildman–Crippen LogP) is 0.938. The van der Waals surface area contributed by atoms with Gasteiger partial charge in [0.05, 0.1) is 13.2 Å². The molecule has 0 saturated heterocycles. The highest BCUT2D eigenvalue weighted by Gasteiger charge is 2.24. The van der Waals surface area contributed by atoms with Crippen LogP contribution in [0.1, 0.15) is 26.7 Å². The van der Waals surface area contributed by atoms with E-state index < -0.39 is 0 Å². The van der Waals surface area contributed by atoms with Crippen LogP contribution in [0.2, 0.25) is 0 Å². The Morgan fingerprint density at radius 3 is 2.75 bits per heavy atom. The van der Waals surface area contributed by atoms with Crippen molar-refractivity contribution in [1.29, 1.82) is 0 Å². The molecule has 0 radical (unpaired) electrons. The Kier molecular flexibility index (Phi) is 3.53. The average molecular weight is 171 g/mol. The minimum atomic E-state index is -0.142. The van der Waals surface area contributed by atoms with E-state index in [0.29, 0.717) is 19.2 Å². The molecule has 0 heterocycles. The molecule has 0 aromatic heterocycles. The first-order valence-electron chi connectivity index (χ1n) is 4.61. The Balaban J connectivity index is 1.98. The van der Waals surface area contributed by atoms with Crippen LogP contribution in [0.3, 0.4) is 0 Å². The van der Waals surface area contributed by atoms with E-state index in [1.165, 1.54) is 12.8 Å². The van der Waals surface area contributed by atoms with Crippen LogP contribution in [0.4, 0.5) is 0 Å². The SMILES string of the molecule is CCOC(=O)CNC1CC(C)C1. The van der Waals surface area contributed by atoms with E-state index in [0.717, 1.165) is 5.92 Å². The van der Waals surface area contributed by atoms with Crippen molar-refractivity contribution in [3.8, 4) is 0 Å². The maximum absolute atomic E-state index is 10.9. The zero-order chi connectivity index (χ0) is 8.97. The first-order valence-corrected chi connectivity index (χ1v) is 4.61. The quantitative estimate of drug-likeness (QED) is 0.640. The summed E-state index contributed by atoms with van der Waals surface area (Å²) in [4.78, 5) is 10.9. The molecule has 0 aliphatic heterocycles. The topological polar surface area (TPSA) is 38.3 Å². The summed E-state index contributed by atoms with van der Waals surface area (Å²) in [6.07, 6.45) is 2.39. The molecule has 0 spiro atoms. The van der Waals surface area contributed by atoms with Crippen molar-refractivity contribution in [2.24, 2.45) is 5.92 Å². The Morgan fingerprint density at radius 1 is 1.58 bits per heavy atom. The van der Waals surface area contributed by atoms with E-state index >= 15 is 0 Å². The van der Waals surface area contributed by atoms with E-state index in [1.54, 1.807) is 0 Å². The lowest BCUT2D eigenvalue weighted by Crippen LogP contribution is -2.42. The molecule has 1 saturated carbocycles. The number of nitrogens with one attached hydrogen (secondary N) is 1. The highest BCUT2D eigenvalue weighted by atomic mass is 16.5. The van der Waals surface area contributed by atoms with Gasteiger partial charge in [0.2, 0.25) is 0 Å². The summed E-state index contributed by atoms with van der Waals surface area (Å²) in [7, 11) is 0. The van der Waals surface area contributed by atoms with Crippen molar-refractivity contribution in [2.75, 3.05) is 13.2 Å². The third-order valence-corrected chi connectivity index (χ3v) is 2.21. The van der Waals surface area contributed by atoms with Gasteiger partial charge in [-0.2, -0.15) is 0 Å². The highest BCUT2D eigenvalue weighted by molar-refractivity contribution is 5.71. The Morgan fingerprint density at radius 2 is 2.25 bits per heavy atom. The van der Waals surface area contributed by atoms with Gasteiger partial charge in [-0.05, 0) is 25.7 Å². The van der Waals surface area contributed by atoms with E-state index in [-0.39, 0.29) is 5.97 Å². The lowest BCUT2D eigenvalue weighted by atomic mass is 9.82. The van der Waals surface area contributed by atoms with Crippen LogP contribution in [0.25, 0.3) is 0 Å². The second-order valence-corrected chi connectivity index (χ2v) is 3.46. The van der Waals surface area contributed by atoms with Gasteiger partial charge in [0.15, 0.2) is 0 Å². The molecule has 1 rings (SSSR count). The standard InChI is InChI=1S/C9H17NO2/c1-3-12-9(11)6-10-8-4-7(2)5-8/h7-8,10H,3-6H2,1-2H3. The number of carbonyl (C=O) groups excluding carboxylic acids is 1. The number of esters is 1. The van der Waals surface area contributed by atoms with Gasteiger partial charge < -0.3 is 10.1 Å². The van der Waals surface area contributed by atoms with Crippen LogP contribution in [0.15, 0.2) is 0 Å². The lowest BCUT2D eigenvalue weighted by molar-refractivity contribution is -0.142. The molecule has 0 unspecified atom stereocenters. The van der Waals surface area contributed by atoms with Crippen LogP contribution in [0, 0.1) is 5.92 Å². The Hall–Kier alpha value is -0.570. The summed E-state index contributed by atoms with van der Waals surface area (Å²) >= 11 is 0. The Bertz CT molecular complexity index is 153. The molecule has 3 heteroatoms. The van der Waals surface area contributed by atoms with Gasteiger partial charge in [-0.3, -0.25) is 4.79 Å². The summed E-state index contributed by atoms with van der Waals surface area (Å²) < 4.78 is 4.79. The molecule has 1 fully saturated rings. The van der Waals surface area contributed by atoms with E-state index in [4.69, 9.17) is 4.74 Å². The van der Waals surface area contributed by atoms with E-state index in [9.17, 15) is 4.79 Å². The number of ether oxygens (including phenoxy) is 1. The largest absolute Gasteiger partial charge is 0.465 e. The van der Waals surface area contributed by atoms with Crippen molar-refractivity contribution >= 4 is 5.97 Å². The minimum absolute atomic E-state index is 0.142. The van der Waals surface area contributed by atoms with Gasteiger partial charge in [-0.1, -0.05) is 6.92 Å². The monoisotopic (exact) mass is 171 g/mol. The van der Waals surface area contributed by atoms with Crippen molar-refractivity contribution in [2.45, 2.75) is 32.7 Å². The second kappa shape index (κ2) is 4.45. The maximum Gasteiger partial charge on any atom is 0.319 e. The second-order valence-electron chi connectivity index (χ2n) is 3.46. The smallest absolute Gasteiger partial charge is 0.319 e. The van der Waals surface area contributed by atoms with Gasteiger partial charge in [0.1, 0.15) is 0 Å². The van der Waals surface area contributed by atoms with Crippen LogP contribution in [-0.2, 0) is 9.53 Å². The van der Waals surface area contributed by atoms with Crippen molar-refractivity contribution in [3.05, 3.63) is 0 Å². The third kappa shape index (κ3) is 2.81. The zero-order valence-corrected chi connectivity index (χ0v) is 7.80. The fourth-order valence-corrected chi connectivity index (χ4v) is 1.51. The van der Waals surface area contributed by atoms with E-state index in [1.807, 2.05) is 6.92 Å². The predicted molar refractivity (Wildman–Crippen MR) is 46.8 cm³/mol. The molecular formula is C9H17NO2. The Labute approximate surface area is 73.5 Å². The molecular weight excluding hydrogens is 154 g/mol. The summed E-state index contributed by atoms with van der Waals surface area (Å²) in [5.74, 6) is 0.682. The van der Waals surface area contributed by atoms with E-state index in [2.05, 4.69) is 12.2 Å². The van der Waals surface area contributed by atoms with Crippen LogP contribution < -0.4 is 5.32 Å². The molecule has 70 valence electrons. The molecule has 1 aliphatic rings. The molecule has 1 N–H and O–H groups in total. The summed E-state index contributed by atoms with van der Waals surface area (Å²) in [5, 5.41) is 3.16. The number of hydrogen-bond acceptors (Lipinski definition) is 3. The third-order valence-electron chi connectivity index (χ3n) is 2.21. The van der Waals surface area contributed by atoms with Crippen molar-refractivity contribution < 1.29 is 9.53 Å². The van der Waals surface area contributed by atoms with Gasteiger partial charge in [-0.25, -0.2) is 0 Å². The average Bonchev–Trinajstić information content (AvgIpc) is 1.96. The molecule has 3 nitrogen and oxygen atoms in total. The first kappa shape index (κ1) is 9.52. The molecule has 0 aromatic rings. The summed E-state index contributed by atoms with van der Waals surface area (Å²) in [6.45, 7) is 4.89. The zero-order valence-electron chi connectivity index (χ0n) is 7.80. The van der Waals surface area contributed by atoms with Crippen molar-refractivity contribution in [1.82, 2.24) is 5.32 Å². The van der Waals surface area contributed by atoms with Crippen LogP contribution in [0.5, 0.6) is 0 Å². The van der Waals surface area contributed by atoms with Crippen LogP contribution >= 0.6 is 0 Å². The first-order chi connectivity index (χ1) is 5.72. The summed E-state index contributed by atoms with van der Waals surface area (Å²) in [5.41, 5.74) is 0.